The molecule has 0 bridgehead atoms. The van der Waals surface area contributed by atoms with Crippen LogP contribution in [0.5, 0.6) is 0 Å². The van der Waals surface area contributed by atoms with Crippen molar-refractivity contribution in [2.24, 2.45) is 0 Å². The van der Waals surface area contributed by atoms with Crippen LogP contribution in [0.3, 0.4) is 0 Å². The molecule has 0 saturated carbocycles. The Balaban J connectivity index is 2.29. The summed E-state index contributed by atoms with van der Waals surface area (Å²) in [6.45, 7) is 0. The molecule has 3 heteroatoms. The molecule has 0 radical (unpaired) electrons. The Morgan fingerprint density at radius 2 is 2.00 bits per heavy atom. The number of methoxy groups -OCH3 is 1. The maximum Gasteiger partial charge on any atom is 0.340 e. The molecule has 1 aromatic carbocycles. The van der Waals surface area contributed by atoms with Gasteiger partial charge in [-0.2, -0.15) is 0 Å². The molecule has 0 spiro atoms. The van der Waals surface area contributed by atoms with E-state index in [0.717, 1.165) is 5.56 Å². The molecule has 1 aliphatic heterocycles. The van der Waals surface area contributed by atoms with Gasteiger partial charge in [0.25, 0.3) is 0 Å². The van der Waals surface area contributed by atoms with Crippen LogP contribution in [0, 0.1) is 0 Å². The lowest BCUT2D eigenvalue weighted by atomic mass is 10.2. The number of esters is 1. The molecule has 0 saturated heterocycles. The minimum absolute atomic E-state index is 0.394. The first kappa shape index (κ1) is 9.52. The molecular weight excluding hydrogens is 192 g/mol. The molecule has 3 nitrogen and oxygen atoms in total. The van der Waals surface area contributed by atoms with Gasteiger partial charge in [-0.1, -0.05) is 30.3 Å². The molecule has 15 heavy (non-hydrogen) atoms. The predicted molar refractivity (Wildman–Crippen MR) is 55.6 cm³/mol. The van der Waals surface area contributed by atoms with Crippen molar-refractivity contribution in [3.63, 3.8) is 0 Å². The first-order chi connectivity index (χ1) is 7.29. The highest BCUT2D eigenvalue weighted by Crippen LogP contribution is 2.22. The minimum atomic E-state index is -0.394. The molecule has 0 fully saturated rings. The van der Waals surface area contributed by atoms with E-state index in [1.807, 2.05) is 30.3 Å². The zero-order chi connectivity index (χ0) is 10.7. The number of cyclic esters (lactones) is 1. The molecule has 1 aromatic rings. The molecule has 0 aliphatic carbocycles. The van der Waals surface area contributed by atoms with Crippen molar-refractivity contribution >= 4 is 12.0 Å². The smallest absolute Gasteiger partial charge is 0.340 e. The van der Waals surface area contributed by atoms with E-state index in [9.17, 15) is 4.79 Å². The second kappa shape index (κ2) is 4.00. The largest absolute Gasteiger partial charge is 0.493 e. The van der Waals surface area contributed by atoms with Gasteiger partial charge in [-0.25, -0.2) is 4.79 Å². The quantitative estimate of drug-likeness (QED) is 0.689. The van der Waals surface area contributed by atoms with Crippen molar-refractivity contribution in [2.45, 2.75) is 0 Å². The van der Waals surface area contributed by atoms with Crippen molar-refractivity contribution in [3.05, 3.63) is 53.5 Å². The first-order valence-electron chi connectivity index (χ1n) is 4.54. The first-order valence-corrected chi connectivity index (χ1v) is 4.54. The standard InChI is InChI=1S/C12H10O3/c1-14-10-8-12(13)15-11(10)7-9-5-3-2-4-6-9/h2-8H,1H3/b11-7+. The van der Waals surface area contributed by atoms with Gasteiger partial charge < -0.3 is 9.47 Å². The van der Waals surface area contributed by atoms with Crippen molar-refractivity contribution in [1.82, 2.24) is 0 Å². The van der Waals surface area contributed by atoms with Gasteiger partial charge in [-0.15, -0.1) is 0 Å². The molecule has 1 heterocycles. The van der Waals surface area contributed by atoms with Gasteiger partial charge in [-0.05, 0) is 11.6 Å². The SMILES string of the molecule is COC1=CC(=O)O/C1=C/c1ccccc1. The summed E-state index contributed by atoms with van der Waals surface area (Å²) in [5, 5.41) is 0. The number of ether oxygens (including phenoxy) is 2. The Kier molecular flexibility index (Phi) is 2.54. The van der Waals surface area contributed by atoms with Crippen LogP contribution >= 0.6 is 0 Å². The van der Waals surface area contributed by atoms with Gasteiger partial charge in [0, 0.05) is 0 Å². The maximum atomic E-state index is 11.0. The number of hydrogen-bond donors (Lipinski definition) is 0. The highest BCUT2D eigenvalue weighted by Gasteiger charge is 2.20. The highest BCUT2D eigenvalue weighted by molar-refractivity contribution is 5.89. The van der Waals surface area contributed by atoms with Gasteiger partial charge in [-0.3, -0.25) is 0 Å². The van der Waals surface area contributed by atoms with Gasteiger partial charge in [0.05, 0.1) is 13.2 Å². The van der Waals surface area contributed by atoms with Crippen LogP contribution < -0.4 is 0 Å². The van der Waals surface area contributed by atoms with Crippen LogP contribution in [0.15, 0.2) is 47.9 Å². The van der Waals surface area contributed by atoms with Crippen molar-refractivity contribution < 1.29 is 14.3 Å². The summed E-state index contributed by atoms with van der Waals surface area (Å²) >= 11 is 0. The Labute approximate surface area is 87.6 Å². The van der Waals surface area contributed by atoms with Crippen molar-refractivity contribution in [1.29, 1.82) is 0 Å². The third kappa shape index (κ3) is 2.07. The maximum absolute atomic E-state index is 11.0. The minimum Gasteiger partial charge on any atom is -0.493 e. The number of carbonyl (C=O) groups is 1. The van der Waals surface area contributed by atoms with E-state index in [1.54, 1.807) is 6.08 Å². The van der Waals surface area contributed by atoms with Gasteiger partial charge in [0.15, 0.2) is 11.5 Å². The molecule has 0 unspecified atom stereocenters. The fraction of sp³-hybridized carbons (Fsp3) is 0.0833. The summed E-state index contributed by atoms with van der Waals surface area (Å²) in [5.74, 6) is 0.520. The van der Waals surface area contributed by atoms with Gasteiger partial charge in [0.2, 0.25) is 0 Å². The Morgan fingerprint density at radius 3 is 2.67 bits per heavy atom. The monoisotopic (exact) mass is 202 g/mol. The van der Waals surface area contributed by atoms with E-state index < -0.39 is 5.97 Å². The molecule has 0 amide bonds. The lowest BCUT2D eigenvalue weighted by Crippen LogP contribution is -1.92. The van der Waals surface area contributed by atoms with Crippen LogP contribution in [-0.4, -0.2) is 13.1 Å². The predicted octanol–water partition coefficient (Wildman–Crippen LogP) is 2.11. The summed E-state index contributed by atoms with van der Waals surface area (Å²) < 4.78 is 9.99. The second-order valence-electron chi connectivity index (χ2n) is 3.05. The number of hydrogen-bond acceptors (Lipinski definition) is 3. The van der Waals surface area contributed by atoms with Crippen molar-refractivity contribution in [3.8, 4) is 0 Å². The summed E-state index contributed by atoms with van der Waals surface area (Å²) in [6.07, 6.45) is 3.09. The van der Waals surface area contributed by atoms with E-state index in [-0.39, 0.29) is 0 Å². The molecule has 0 N–H and O–H groups in total. The van der Waals surface area contributed by atoms with E-state index >= 15 is 0 Å². The van der Waals surface area contributed by atoms with E-state index in [4.69, 9.17) is 9.47 Å². The lowest BCUT2D eigenvalue weighted by Gasteiger charge is -2.02. The Hall–Kier alpha value is -2.03. The third-order valence-electron chi connectivity index (χ3n) is 2.02. The Morgan fingerprint density at radius 1 is 1.27 bits per heavy atom. The average Bonchev–Trinajstić information content (AvgIpc) is 2.60. The van der Waals surface area contributed by atoms with E-state index in [2.05, 4.69) is 0 Å². The summed E-state index contributed by atoms with van der Waals surface area (Å²) in [6, 6.07) is 9.60. The third-order valence-corrected chi connectivity index (χ3v) is 2.02. The van der Waals surface area contributed by atoms with E-state index in [0.29, 0.717) is 11.5 Å². The molecule has 76 valence electrons. The molecule has 0 aromatic heterocycles. The van der Waals surface area contributed by atoms with Crippen LogP contribution in [-0.2, 0) is 14.3 Å². The van der Waals surface area contributed by atoms with Crippen molar-refractivity contribution in [2.75, 3.05) is 7.11 Å². The summed E-state index contributed by atoms with van der Waals surface area (Å²) in [5.41, 5.74) is 0.963. The second-order valence-corrected chi connectivity index (χ2v) is 3.05. The highest BCUT2D eigenvalue weighted by atomic mass is 16.6. The number of benzene rings is 1. The van der Waals surface area contributed by atoms with Gasteiger partial charge >= 0.3 is 5.97 Å². The fourth-order valence-electron chi connectivity index (χ4n) is 1.33. The lowest BCUT2D eigenvalue weighted by molar-refractivity contribution is -0.132. The zero-order valence-electron chi connectivity index (χ0n) is 8.27. The fourth-order valence-corrected chi connectivity index (χ4v) is 1.33. The molecule has 0 atom stereocenters. The Bertz CT molecular complexity index is 429. The topological polar surface area (TPSA) is 35.5 Å². The zero-order valence-corrected chi connectivity index (χ0v) is 8.27. The number of rotatable bonds is 2. The summed E-state index contributed by atoms with van der Waals surface area (Å²) in [7, 11) is 1.51. The van der Waals surface area contributed by atoms with E-state index in [1.165, 1.54) is 13.2 Å². The summed E-state index contributed by atoms with van der Waals surface area (Å²) in [4.78, 5) is 11.0. The van der Waals surface area contributed by atoms with Gasteiger partial charge in [0.1, 0.15) is 0 Å². The van der Waals surface area contributed by atoms with Crippen LogP contribution in [0.25, 0.3) is 6.08 Å². The van der Waals surface area contributed by atoms with Crippen LogP contribution in [0.4, 0.5) is 0 Å². The molecule has 1 aliphatic rings. The normalized spacial score (nSPS) is 17.5. The average molecular weight is 202 g/mol. The molecular formula is C12H10O3. The molecule has 2 rings (SSSR count). The number of carbonyl (C=O) groups excluding carboxylic acids is 1. The van der Waals surface area contributed by atoms with Crippen LogP contribution in [0.2, 0.25) is 0 Å². The van der Waals surface area contributed by atoms with Crippen LogP contribution in [0.1, 0.15) is 5.56 Å².